The molecule has 20 heavy (non-hydrogen) atoms. The molecule has 2 bridgehead atoms. The molecule has 2 aliphatic rings. The van der Waals surface area contributed by atoms with Gasteiger partial charge in [-0.3, -0.25) is 9.69 Å². The summed E-state index contributed by atoms with van der Waals surface area (Å²) >= 11 is 0. The van der Waals surface area contributed by atoms with Crippen LogP contribution in [0.4, 0.5) is 4.79 Å². The van der Waals surface area contributed by atoms with Gasteiger partial charge in [0.05, 0.1) is 13.2 Å². The molecule has 7 heteroatoms. The normalized spacial score (nSPS) is 28.9. The molecule has 0 aliphatic carbocycles. The second-order valence-electron chi connectivity index (χ2n) is 6.06. The Morgan fingerprint density at radius 2 is 1.95 bits per heavy atom. The molecule has 0 radical (unpaired) electrons. The van der Waals surface area contributed by atoms with Crippen molar-refractivity contribution in [2.24, 2.45) is 0 Å². The van der Waals surface area contributed by atoms with Gasteiger partial charge in [-0.1, -0.05) is 0 Å². The van der Waals surface area contributed by atoms with Crippen LogP contribution in [0.15, 0.2) is 0 Å². The van der Waals surface area contributed by atoms with E-state index in [2.05, 4.69) is 10.1 Å². The fourth-order valence-electron chi connectivity index (χ4n) is 2.69. The fraction of sp³-hybridized carbons (Fsp3) is 0.769. The van der Waals surface area contributed by atoms with Crippen molar-refractivity contribution in [2.45, 2.75) is 57.3 Å². The van der Waals surface area contributed by atoms with E-state index in [9.17, 15) is 14.4 Å². The molecule has 7 nitrogen and oxygen atoms in total. The summed E-state index contributed by atoms with van der Waals surface area (Å²) < 4.78 is 10.0. The number of ether oxygens (including phenoxy) is 2. The van der Waals surface area contributed by atoms with Crippen LogP contribution in [0.3, 0.4) is 0 Å². The van der Waals surface area contributed by atoms with Crippen LogP contribution in [-0.2, 0) is 19.1 Å². The highest BCUT2D eigenvalue weighted by atomic mass is 16.6. The molecule has 0 aromatic heterocycles. The van der Waals surface area contributed by atoms with E-state index < -0.39 is 35.8 Å². The maximum absolute atomic E-state index is 12.2. The highest BCUT2D eigenvalue weighted by molar-refractivity contribution is 5.93. The molecule has 0 spiro atoms. The topological polar surface area (TPSA) is 84.9 Å². The average molecular weight is 284 g/mol. The first-order valence-corrected chi connectivity index (χ1v) is 6.64. The van der Waals surface area contributed by atoms with Crippen molar-refractivity contribution < 1.29 is 23.9 Å². The Labute approximate surface area is 117 Å². The minimum absolute atomic E-state index is 0.333. The zero-order valence-corrected chi connectivity index (χ0v) is 12.1. The van der Waals surface area contributed by atoms with E-state index in [4.69, 9.17) is 4.74 Å². The maximum Gasteiger partial charge on any atom is 0.411 e. The monoisotopic (exact) mass is 284 g/mol. The van der Waals surface area contributed by atoms with Crippen molar-refractivity contribution in [3.8, 4) is 0 Å². The van der Waals surface area contributed by atoms with E-state index >= 15 is 0 Å². The largest absolute Gasteiger partial charge is 0.467 e. The first kappa shape index (κ1) is 14.6. The first-order valence-electron chi connectivity index (χ1n) is 6.64. The Morgan fingerprint density at radius 3 is 2.50 bits per heavy atom. The summed E-state index contributed by atoms with van der Waals surface area (Å²) in [6, 6.07) is -1.78. The van der Waals surface area contributed by atoms with Gasteiger partial charge < -0.3 is 14.8 Å². The van der Waals surface area contributed by atoms with Crippen molar-refractivity contribution in [3.05, 3.63) is 0 Å². The molecule has 0 aromatic rings. The number of nitrogens with one attached hydrogen (secondary N) is 1. The van der Waals surface area contributed by atoms with Crippen molar-refractivity contribution >= 4 is 18.0 Å². The van der Waals surface area contributed by atoms with Crippen molar-refractivity contribution in [1.29, 1.82) is 0 Å². The molecule has 2 aliphatic heterocycles. The van der Waals surface area contributed by atoms with Gasteiger partial charge in [0.15, 0.2) is 0 Å². The van der Waals surface area contributed by atoms with Gasteiger partial charge >= 0.3 is 12.1 Å². The molecule has 0 unspecified atom stereocenters. The third-order valence-electron chi connectivity index (χ3n) is 3.47. The molecule has 1 N–H and O–H groups in total. The minimum atomic E-state index is -0.821. The van der Waals surface area contributed by atoms with Crippen molar-refractivity contribution in [2.75, 3.05) is 7.11 Å². The highest BCUT2D eigenvalue weighted by Crippen LogP contribution is 2.32. The van der Waals surface area contributed by atoms with Crippen LogP contribution in [0.25, 0.3) is 0 Å². The SMILES string of the molecule is COC(=O)[C@H]1NC(=O)[C@@H]2CC[C@H]1N2C(=O)OC(C)(C)C. The second kappa shape index (κ2) is 4.96. The Balaban J connectivity index is 2.22. The summed E-state index contributed by atoms with van der Waals surface area (Å²) in [6.07, 6.45) is 0.541. The molecule has 3 atom stereocenters. The number of nitrogens with zero attached hydrogens (tertiary/aromatic N) is 1. The average Bonchev–Trinajstić information content (AvgIpc) is 2.70. The van der Waals surface area contributed by atoms with Gasteiger partial charge in [0.1, 0.15) is 17.7 Å². The number of esters is 1. The van der Waals surface area contributed by atoms with Gasteiger partial charge in [-0.2, -0.15) is 0 Å². The quantitative estimate of drug-likeness (QED) is 0.706. The summed E-state index contributed by atoms with van der Waals surface area (Å²) in [5.74, 6) is -0.878. The summed E-state index contributed by atoms with van der Waals surface area (Å²) in [5.41, 5.74) is -0.648. The van der Waals surface area contributed by atoms with Crippen LogP contribution in [0, 0.1) is 0 Å². The van der Waals surface area contributed by atoms with Crippen molar-refractivity contribution in [1.82, 2.24) is 10.2 Å². The smallest absolute Gasteiger partial charge is 0.411 e. The number of hydrogen-bond acceptors (Lipinski definition) is 5. The Bertz CT molecular complexity index is 443. The lowest BCUT2D eigenvalue weighted by molar-refractivity contribution is -0.150. The molecular weight excluding hydrogens is 264 g/mol. The summed E-state index contributed by atoms with van der Waals surface area (Å²) in [4.78, 5) is 37.4. The molecule has 0 aromatic carbocycles. The Kier molecular flexibility index (Phi) is 3.62. The third kappa shape index (κ3) is 2.57. The number of amides is 2. The summed E-state index contributed by atoms with van der Waals surface area (Å²) in [6.45, 7) is 5.28. The number of piperazine rings is 1. The maximum atomic E-state index is 12.2. The Hall–Kier alpha value is -1.79. The van der Waals surface area contributed by atoms with Gasteiger partial charge in [-0.05, 0) is 33.6 Å². The second-order valence-corrected chi connectivity index (χ2v) is 6.06. The van der Waals surface area contributed by atoms with Gasteiger partial charge in [0, 0.05) is 0 Å². The van der Waals surface area contributed by atoms with Crippen LogP contribution >= 0.6 is 0 Å². The zero-order chi connectivity index (χ0) is 15.1. The molecule has 2 fully saturated rings. The van der Waals surface area contributed by atoms with E-state index in [0.717, 1.165) is 0 Å². The van der Waals surface area contributed by atoms with Crippen LogP contribution < -0.4 is 5.32 Å². The van der Waals surface area contributed by atoms with Crippen LogP contribution in [0.1, 0.15) is 33.6 Å². The number of carbonyl (C=O) groups excluding carboxylic acids is 3. The van der Waals surface area contributed by atoms with Crippen molar-refractivity contribution in [3.63, 3.8) is 0 Å². The summed E-state index contributed by atoms with van der Waals surface area (Å²) in [5, 5.41) is 2.61. The predicted molar refractivity (Wildman–Crippen MR) is 68.8 cm³/mol. The third-order valence-corrected chi connectivity index (χ3v) is 3.47. The number of fused-ring (bicyclic) bond motifs is 2. The molecule has 2 rings (SSSR count). The van der Waals surface area contributed by atoms with Gasteiger partial charge in [0.25, 0.3) is 0 Å². The van der Waals surface area contributed by atoms with E-state index in [1.807, 2.05) is 0 Å². The number of hydrogen-bond donors (Lipinski definition) is 1. The molecule has 0 saturated carbocycles. The van der Waals surface area contributed by atoms with Crippen LogP contribution in [0.5, 0.6) is 0 Å². The zero-order valence-electron chi connectivity index (χ0n) is 12.1. The molecule has 2 amide bonds. The highest BCUT2D eigenvalue weighted by Gasteiger charge is 2.53. The number of rotatable bonds is 1. The number of carbonyl (C=O) groups is 3. The molecular formula is C13H20N2O5. The van der Waals surface area contributed by atoms with E-state index in [1.54, 1.807) is 20.8 Å². The lowest BCUT2D eigenvalue weighted by Gasteiger charge is -2.39. The van der Waals surface area contributed by atoms with Crippen LogP contribution in [0.2, 0.25) is 0 Å². The van der Waals surface area contributed by atoms with Gasteiger partial charge in [-0.15, -0.1) is 0 Å². The lowest BCUT2D eigenvalue weighted by atomic mass is 10.1. The first-order chi connectivity index (χ1) is 9.24. The van der Waals surface area contributed by atoms with E-state index in [0.29, 0.717) is 12.8 Å². The molecule has 2 heterocycles. The summed E-state index contributed by atoms with van der Waals surface area (Å²) in [7, 11) is 1.26. The van der Waals surface area contributed by atoms with Gasteiger partial charge in [0.2, 0.25) is 5.91 Å². The standard InChI is InChI=1S/C13H20N2O5/c1-13(2,3)20-12(18)15-7-5-6-8(15)10(16)14-9(7)11(17)19-4/h7-9H,5-6H2,1-4H3,(H,14,16)/t7-,8+,9+/m1/s1. The number of methoxy groups -OCH3 is 1. The molecule has 2 saturated heterocycles. The fourth-order valence-corrected chi connectivity index (χ4v) is 2.69. The Morgan fingerprint density at radius 1 is 1.30 bits per heavy atom. The predicted octanol–water partition coefficient (Wildman–Crippen LogP) is 0.426. The van der Waals surface area contributed by atoms with Crippen LogP contribution in [-0.4, -0.2) is 53.7 Å². The van der Waals surface area contributed by atoms with Gasteiger partial charge in [-0.25, -0.2) is 9.59 Å². The lowest BCUT2D eigenvalue weighted by Crippen LogP contribution is -2.65. The minimum Gasteiger partial charge on any atom is -0.467 e. The molecule has 112 valence electrons. The van der Waals surface area contributed by atoms with E-state index in [1.165, 1.54) is 12.0 Å². The van der Waals surface area contributed by atoms with E-state index in [-0.39, 0.29) is 5.91 Å².